The third-order valence-corrected chi connectivity index (χ3v) is 2.95. The van der Waals surface area contributed by atoms with Crippen molar-refractivity contribution in [2.45, 2.75) is 27.3 Å². The molecule has 2 N–H and O–H groups in total. The maximum absolute atomic E-state index is 11.9. The molecule has 0 unspecified atom stereocenters. The maximum atomic E-state index is 11.9. The van der Waals surface area contributed by atoms with E-state index in [4.69, 9.17) is 5.11 Å². The summed E-state index contributed by atoms with van der Waals surface area (Å²) < 4.78 is 0. The zero-order valence-corrected chi connectivity index (χ0v) is 12.3. The summed E-state index contributed by atoms with van der Waals surface area (Å²) in [7, 11) is 1.65. The molecule has 0 saturated carbocycles. The molecule has 2 amide bonds. The van der Waals surface area contributed by atoms with Gasteiger partial charge in [-0.15, -0.1) is 0 Å². The number of pyridine rings is 1. The molecule has 6 nitrogen and oxygen atoms in total. The molecule has 20 heavy (non-hydrogen) atoms. The van der Waals surface area contributed by atoms with Crippen molar-refractivity contribution in [2.75, 3.05) is 13.6 Å². The molecule has 0 aliphatic heterocycles. The highest BCUT2D eigenvalue weighted by Crippen LogP contribution is 2.13. The average Bonchev–Trinajstić information content (AvgIpc) is 2.35. The number of carboxylic acids is 1. The van der Waals surface area contributed by atoms with E-state index in [1.54, 1.807) is 20.9 Å². The van der Waals surface area contributed by atoms with E-state index in [0.717, 1.165) is 11.4 Å². The third kappa shape index (κ3) is 4.53. The lowest BCUT2D eigenvalue weighted by molar-refractivity contribution is -0.146. The molecule has 0 atom stereocenters. The number of hydrogen-bond donors (Lipinski definition) is 2. The SMILES string of the molecule is Cc1cccc(CN(C)C(=O)NCC(C)(C)C(=O)O)n1. The number of rotatable bonds is 5. The van der Waals surface area contributed by atoms with Gasteiger partial charge in [0.15, 0.2) is 0 Å². The van der Waals surface area contributed by atoms with Crippen LogP contribution in [0.5, 0.6) is 0 Å². The lowest BCUT2D eigenvalue weighted by Crippen LogP contribution is -2.44. The number of urea groups is 1. The molecule has 0 fully saturated rings. The normalized spacial score (nSPS) is 11.0. The van der Waals surface area contributed by atoms with Crippen LogP contribution in [0.4, 0.5) is 4.79 Å². The number of carboxylic acid groups (broad SMARTS) is 1. The highest BCUT2D eigenvalue weighted by Gasteiger charge is 2.28. The van der Waals surface area contributed by atoms with E-state index in [-0.39, 0.29) is 12.6 Å². The first-order chi connectivity index (χ1) is 9.22. The van der Waals surface area contributed by atoms with Crippen molar-refractivity contribution < 1.29 is 14.7 Å². The zero-order chi connectivity index (χ0) is 15.3. The van der Waals surface area contributed by atoms with Crippen LogP contribution < -0.4 is 5.32 Å². The van der Waals surface area contributed by atoms with Crippen LogP contribution in [0.2, 0.25) is 0 Å². The van der Waals surface area contributed by atoms with Gasteiger partial charge < -0.3 is 15.3 Å². The van der Waals surface area contributed by atoms with E-state index in [9.17, 15) is 9.59 Å². The van der Waals surface area contributed by atoms with E-state index in [1.165, 1.54) is 4.90 Å². The molecule has 1 aromatic heterocycles. The molecule has 0 aliphatic carbocycles. The molecular formula is C14H21N3O3. The van der Waals surface area contributed by atoms with E-state index < -0.39 is 11.4 Å². The lowest BCUT2D eigenvalue weighted by atomic mass is 9.94. The summed E-state index contributed by atoms with van der Waals surface area (Å²) in [6, 6.07) is 5.30. The van der Waals surface area contributed by atoms with Crippen LogP contribution in [0.25, 0.3) is 0 Å². The van der Waals surface area contributed by atoms with Gasteiger partial charge >= 0.3 is 12.0 Å². The van der Waals surface area contributed by atoms with Crippen LogP contribution in [0.3, 0.4) is 0 Å². The quantitative estimate of drug-likeness (QED) is 0.858. The Balaban J connectivity index is 2.54. The fraction of sp³-hybridized carbons (Fsp3) is 0.500. The first kappa shape index (κ1) is 15.9. The highest BCUT2D eigenvalue weighted by molar-refractivity contribution is 5.77. The van der Waals surface area contributed by atoms with Gasteiger partial charge in [0.25, 0.3) is 0 Å². The molecule has 1 rings (SSSR count). The second-order valence-electron chi connectivity index (χ2n) is 5.47. The number of carbonyl (C=O) groups excluding carboxylic acids is 1. The second kappa shape index (κ2) is 6.36. The van der Waals surface area contributed by atoms with Crippen LogP contribution in [-0.4, -0.2) is 40.6 Å². The first-order valence-corrected chi connectivity index (χ1v) is 6.37. The van der Waals surface area contributed by atoms with Gasteiger partial charge in [-0.3, -0.25) is 9.78 Å². The first-order valence-electron chi connectivity index (χ1n) is 6.37. The van der Waals surface area contributed by atoms with Gasteiger partial charge in [0.2, 0.25) is 0 Å². The average molecular weight is 279 g/mol. The number of nitrogens with one attached hydrogen (secondary N) is 1. The van der Waals surface area contributed by atoms with Gasteiger partial charge in [-0.05, 0) is 32.9 Å². The van der Waals surface area contributed by atoms with Crippen molar-refractivity contribution in [2.24, 2.45) is 5.41 Å². The summed E-state index contributed by atoms with van der Waals surface area (Å²) in [6.45, 7) is 5.47. The van der Waals surface area contributed by atoms with Crippen molar-refractivity contribution in [1.29, 1.82) is 0 Å². The number of amides is 2. The van der Waals surface area contributed by atoms with Crippen LogP contribution in [0.15, 0.2) is 18.2 Å². The largest absolute Gasteiger partial charge is 0.481 e. The number of aliphatic carboxylic acids is 1. The Morgan fingerprint density at radius 2 is 2.05 bits per heavy atom. The number of nitrogens with zero attached hydrogens (tertiary/aromatic N) is 2. The van der Waals surface area contributed by atoms with Crippen molar-refractivity contribution in [3.8, 4) is 0 Å². The van der Waals surface area contributed by atoms with Crippen LogP contribution in [-0.2, 0) is 11.3 Å². The van der Waals surface area contributed by atoms with E-state index >= 15 is 0 Å². The van der Waals surface area contributed by atoms with E-state index in [1.807, 2.05) is 25.1 Å². The van der Waals surface area contributed by atoms with E-state index in [0.29, 0.717) is 6.54 Å². The van der Waals surface area contributed by atoms with Gasteiger partial charge in [-0.2, -0.15) is 0 Å². The summed E-state index contributed by atoms with van der Waals surface area (Å²) in [4.78, 5) is 28.6. The van der Waals surface area contributed by atoms with Gasteiger partial charge in [0, 0.05) is 19.3 Å². The molecule has 0 aliphatic rings. The van der Waals surface area contributed by atoms with Crippen molar-refractivity contribution >= 4 is 12.0 Å². The second-order valence-corrected chi connectivity index (χ2v) is 5.47. The molecule has 0 spiro atoms. The molecule has 110 valence electrons. The maximum Gasteiger partial charge on any atom is 0.317 e. The summed E-state index contributed by atoms with van der Waals surface area (Å²) in [5.41, 5.74) is 0.696. The fourth-order valence-electron chi connectivity index (χ4n) is 1.51. The molecule has 0 radical (unpaired) electrons. The number of aromatic nitrogens is 1. The van der Waals surface area contributed by atoms with Gasteiger partial charge in [-0.1, -0.05) is 6.07 Å². The predicted octanol–water partition coefficient (Wildman–Crippen LogP) is 1.64. The lowest BCUT2D eigenvalue weighted by Gasteiger charge is -2.23. The van der Waals surface area contributed by atoms with Gasteiger partial charge in [0.1, 0.15) is 0 Å². The Labute approximate surface area is 118 Å². The summed E-state index contributed by atoms with van der Waals surface area (Å²) in [5, 5.41) is 11.6. The Morgan fingerprint density at radius 3 is 2.60 bits per heavy atom. The summed E-state index contributed by atoms with van der Waals surface area (Å²) in [5.74, 6) is -0.944. The highest BCUT2D eigenvalue weighted by atomic mass is 16.4. The molecular weight excluding hydrogens is 258 g/mol. The van der Waals surface area contributed by atoms with Gasteiger partial charge in [0.05, 0.1) is 17.7 Å². The Morgan fingerprint density at radius 1 is 1.40 bits per heavy atom. The third-order valence-electron chi connectivity index (χ3n) is 2.95. The van der Waals surface area contributed by atoms with Crippen LogP contribution >= 0.6 is 0 Å². The summed E-state index contributed by atoms with van der Waals surface area (Å²) in [6.07, 6.45) is 0. The Hall–Kier alpha value is -2.11. The number of hydrogen-bond acceptors (Lipinski definition) is 3. The molecule has 6 heteroatoms. The number of carbonyl (C=O) groups is 2. The van der Waals surface area contributed by atoms with Gasteiger partial charge in [-0.25, -0.2) is 4.79 Å². The Kier molecular flexibility index (Phi) is 5.07. The monoisotopic (exact) mass is 279 g/mol. The standard InChI is InChI=1S/C14H21N3O3/c1-10-6-5-7-11(16-10)8-17(4)13(20)15-9-14(2,3)12(18)19/h5-7H,8-9H2,1-4H3,(H,15,20)(H,18,19). The molecule has 0 saturated heterocycles. The van der Waals surface area contributed by atoms with Crippen LogP contribution in [0.1, 0.15) is 25.2 Å². The molecule has 1 heterocycles. The minimum absolute atomic E-state index is 0.0761. The topological polar surface area (TPSA) is 82.5 Å². The number of aryl methyl sites for hydroxylation is 1. The molecule has 1 aromatic rings. The molecule has 0 aromatic carbocycles. The predicted molar refractivity (Wildman–Crippen MR) is 75.3 cm³/mol. The van der Waals surface area contributed by atoms with Crippen LogP contribution in [0, 0.1) is 12.3 Å². The van der Waals surface area contributed by atoms with Crippen molar-refractivity contribution in [3.63, 3.8) is 0 Å². The Bertz CT molecular complexity index is 500. The molecule has 0 bridgehead atoms. The van der Waals surface area contributed by atoms with Crippen molar-refractivity contribution in [3.05, 3.63) is 29.6 Å². The minimum Gasteiger partial charge on any atom is -0.481 e. The van der Waals surface area contributed by atoms with Crippen molar-refractivity contribution in [1.82, 2.24) is 15.2 Å². The summed E-state index contributed by atoms with van der Waals surface area (Å²) >= 11 is 0. The zero-order valence-electron chi connectivity index (χ0n) is 12.3. The van der Waals surface area contributed by atoms with E-state index in [2.05, 4.69) is 10.3 Å². The minimum atomic E-state index is -0.988. The fourth-order valence-corrected chi connectivity index (χ4v) is 1.51. The smallest absolute Gasteiger partial charge is 0.317 e.